The normalized spacial score (nSPS) is 21.1. The zero-order valence-electron chi connectivity index (χ0n) is 17.2. The molecule has 27 heavy (non-hydrogen) atoms. The predicted octanol–water partition coefficient (Wildman–Crippen LogP) is 3.56. The van der Waals surface area contributed by atoms with Gasteiger partial charge in [0.1, 0.15) is 0 Å². The van der Waals surface area contributed by atoms with Crippen molar-refractivity contribution in [3.05, 3.63) is 35.4 Å². The van der Waals surface area contributed by atoms with Crippen LogP contribution in [0.2, 0.25) is 0 Å². The Morgan fingerprint density at radius 1 is 1.11 bits per heavy atom. The highest BCUT2D eigenvalue weighted by molar-refractivity contribution is 5.76. The summed E-state index contributed by atoms with van der Waals surface area (Å²) in [6, 6.07) is 8.77. The third-order valence-electron chi connectivity index (χ3n) is 6.49. The summed E-state index contributed by atoms with van der Waals surface area (Å²) in [6.45, 7) is 10.9. The summed E-state index contributed by atoms with van der Waals surface area (Å²) in [5.74, 6) is 2.23. The van der Waals surface area contributed by atoms with Gasteiger partial charge in [-0.1, -0.05) is 38.1 Å². The second kappa shape index (κ2) is 10.2. The Labute approximate surface area is 165 Å². The van der Waals surface area contributed by atoms with Crippen LogP contribution >= 0.6 is 0 Å². The molecule has 150 valence electrons. The van der Waals surface area contributed by atoms with Crippen LogP contribution in [-0.4, -0.2) is 37.0 Å². The van der Waals surface area contributed by atoms with Crippen molar-refractivity contribution < 1.29 is 4.79 Å². The third kappa shape index (κ3) is 6.62. The van der Waals surface area contributed by atoms with Gasteiger partial charge in [-0.05, 0) is 80.7 Å². The molecule has 1 aromatic carbocycles. The first kappa shape index (κ1) is 20.3. The van der Waals surface area contributed by atoms with Crippen molar-refractivity contribution in [3.8, 4) is 0 Å². The van der Waals surface area contributed by atoms with Crippen molar-refractivity contribution in [2.24, 2.45) is 17.8 Å². The maximum absolute atomic E-state index is 12.3. The number of amides is 1. The van der Waals surface area contributed by atoms with Crippen LogP contribution in [0.5, 0.6) is 0 Å². The van der Waals surface area contributed by atoms with Crippen LogP contribution in [0.3, 0.4) is 0 Å². The van der Waals surface area contributed by atoms with Gasteiger partial charge in [0, 0.05) is 19.5 Å². The van der Waals surface area contributed by atoms with Gasteiger partial charge in [-0.25, -0.2) is 0 Å². The van der Waals surface area contributed by atoms with Gasteiger partial charge in [0.05, 0.1) is 0 Å². The Kier molecular flexibility index (Phi) is 7.71. The van der Waals surface area contributed by atoms with Crippen LogP contribution < -0.4 is 10.6 Å². The third-order valence-corrected chi connectivity index (χ3v) is 6.49. The van der Waals surface area contributed by atoms with E-state index in [9.17, 15) is 4.79 Å². The van der Waals surface area contributed by atoms with Crippen molar-refractivity contribution in [3.63, 3.8) is 0 Å². The van der Waals surface area contributed by atoms with Gasteiger partial charge in [-0.3, -0.25) is 9.69 Å². The van der Waals surface area contributed by atoms with E-state index < -0.39 is 0 Å². The molecule has 1 unspecified atom stereocenters. The number of carbonyl (C=O) groups excluding carboxylic acids is 1. The molecule has 1 aromatic rings. The Morgan fingerprint density at radius 3 is 2.41 bits per heavy atom. The topological polar surface area (TPSA) is 44.4 Å². The van der Waals surface area contributed by atoms with E-state index in [-0.39, 0.29) is 5.91 Å². The maximum Gasteiger partial charge on any atom is 0.220 e. The molecule has 4 nitrogen and oxygen atoms in total. The Morgan fingerprint density at radius 2 is 1.74 bits per heavy atom. The van der Waals surface area contributed by atoms with Crippen LogP contribution in [0.4, 0.5) is 0 Å². The molecule has 0 bridgehead atoms. The standard InChI is InChI=1S/C23H37N3O/c1-18-9-13-26(14-10-18)17-21-5-3-20(4-6-21)16-25-23(27)15-19(2)22-7-11-24-12-8-22/h3-6,18-19,22,24H,7-17H2,1-2H3,(H,25,27). The van der Waals surface area contributed by atoms with E-state index in [1.165, 1.54) is 49.9 Å². The van der Waals surface area contributed by atoms with Gasteiger partial charge in [-0.15, -0.1) is 0 Å². The molecule has 3 rings (SSSR count). The fourth-order valence-corrected chi connectivity index (χ4v) is 4.39. The summed E-state index contributed by atoms with van der Waals surface area (Å²) in [4.78, 5) is 14.8. The first-order valence-electron chi connectivity index (χ1n) is 10.9. The molecule has 2 fully saturated rings. The average molecular weight is 372 g/mol. The maximum atomic E-state index is 12.3. The van der Waals surface area contributed by atoms with E-state index in [1.54, 1.807) is 0 Å². The summed E-state index contributed by atoms with van der Waals surface area (Å²) in [5.41, 5.74) is 2.56. The van der Waals surface area contributed by atoms with Crippen LogP contribution in [0, 0.1) is 17.8 Å². The molecular formula is C23H37N3O. The molecule has 2 aliphatic rings. The predicted molar refractivity (Wildman–Crippen MR) is 111 cm³/mol. The Balaban J connectivity index is 1.38. The Bertz CT molecular complexity index is 572. The first-order valence-corrected chi connectivity index (χ1v) is 10.9. The molecule has 0 radical (unpaired) electrons. The smallest absolute Gasteiger partial charge is 0.220 e. The van der Waals surface area contributed by atoms with Gasteiger partial charge in [0.15, 0.2) is 0 Å². The molecule has 0 aliphatic carbocycles. The zero-order chi connectivity index (χ0) is 19.1. The minimum absolute atomic E-state index is 0.188. The minimum atomic E-state index is 0.188. The SMILES string of the molecule is CC1CCN(Cc2ccc(CNC(=O)CC(C)C3CCNCC3)cc2)CC1. The molecule has 1 amide bonds. The highest BCUT2D eigenvalue weighted by Crippen LogP contribution is 2.24. The van der Waals surface area contributed by atoms with E-state index >= 15 is 0 Å². The number of nitrogens with one attached hydrogen (secondary N) is 2. The largest absolute Gasteiger partial charge is 0.352 e. The number of likely N-dealkylation sites (tertiary alicyclic amines) is 1. The second-order valence-corrected chi connectivity index (χ2v) is 8.82. The Hall–Kier alpha value is -1.39. The molecule has 2 saturated heterocycles. The van der Waals surface area contributed by atoms with Crippen molar-refractivity contribution in [2.45, 2.75) is 59.0 Å². The molecule has 0 saturated carbocycles. The lowest BCUT2D eigenvalue weighted by molar-refractivity contribution is -0.122. The minimum Gasteiger partial charge on any atom is -0.352 e. The number of hydrogen-bond donors (Lipinski definition) is 2. The van der Waals surface area contributed by atoms with Gasteiger partial charge >= 0.3 is 0 Å². The molecule has 2 heterocycles. The van der Waals surface area contributed by atoms with Crippen molar-refractivity contribution in [1.29, 1.82) is 0 Å². The quantitative estimate of drug-likeness (QED) is 0.770. The van der Waals surface area contributed by atoms with Crippen molar-refractivity contribution >= 4 is 5.91 Å². The van der Waals surface area contributed by atoms with Crippen LogP contribution in [0.25, 0.3) is 0 Å². The molecule has 0 aromatic heterocycles. The fraction of sp³-hybridized carbons (Fsp3) is 0.696. The summed E-state index contributed by atoms with van der Waals surface area (Å²) in [6.07, 6.45) is 5.69. The van der Waals surface area contributed by atoms with E-state index in [1.807, 2.05) is 0 Å². The van der Waals surface area contributed by atoms with Gasteiger partial charge in [0.25, 0.3) is 0 Å². The highest BCUT2D eigenvalue weighted by atomic mass is 16.1. The molecule has 0 spiro atoms. The van der Waals surface area contributed by atoms with E-state index in [2.05, 4.69) is 53.6 Å². The van der Waals surface area contributed by atoms with Crippen LogP contribution in [0.15, 0.2) is 24.3 Å². The van der Waals surface area contributed by atoms with E-state index in [4.69, 9.17) is 0 Å². The first-order chi connectivity index (χ1) is 13.1. The van der Waals surface area contributed by atoms with Crippen LogP contribution in [-0.2, 0) is 17.9 Å². The van der Waals surface area contributed by atoms with E-state index in [0.717, 1.165) is 25.6 Å². The van der Waals surface area contributed by atoms with Crippen molar-refractivity contribution in [1.82, 2.24) is 15.5 Å². The van der Waals surface area contributed by atoms with Gasteiger partial charge < -0.3 is 10.6 Å². The summed E-state index contributed by atoms with van der Waals surface area (Å²) in [7, 11) is 0. The molecule has 2 aliphatic heterocycles. The second-order valence-electron chi connectivity index (χ2n) is 8.82. The zero-order valence-corrected chi connectivity index (χ0v) is 17.2. The number of carbonyl (C=O) groups is 1. The summed E-state index contributed by atoms with van der Waals surface area (Å²) in [5, 5.41) is 6.51. The average Bonchev–Trinajstić information content (AvgIpc) is 2.70. The molecule has 4 heteroatoms. The lowest BCUT2D eigenvalue weighted by atomic mass is 9.84. The highest BCUT2D eigenvalue weighted by Gasteiger charge is 2.22. The lowest BCUT2D eigenvalue weighted by Gasteiger charge is -2.30. The summed E-state index contributed by atoms with van der Waals surface area (Å²) >= 11 is 0. The van der Waals surface area contributed by atoms with E-state index in [0.29, 0.717) is 24.8 Å². The number of piperidine rings is 2. The number of hydrogen-bond acceptors (Lipinski definition) is 3. The van der Waals surface area contributed by atoms with Gasteiger partial charge in [0.2, 0.25) is 5.91 Å². The lowest BCUT2D eigenvalue weighted by Crippen LogP contribution is -2.33. The molecule has 2 N–H and O–H groups in total. The number of rotatable bonds is 7. The monoisotopic (exact) mass is 371 g/mol. The number of nitrogens with zero attached hydrogens (tertiary/aromatic N) is 1. The van der Waals surface area contributed by atoms with Crippen LogP contribution in [0.1, 0.15) is 57.1 Å². The summed E-state index contributed by atoms with van der Waals surface area (Å²) < 4.78 is 0. The number of benzene rings is 1. The van der Waals surface area contributed by atoms with Gasteiger partial charge in [-0.2, -0.15) is 0 Å². The fourth-order valence-electron chi connectivity index (χ4n) is 4.39. The van der Waals surface area contributed by atoms with Crippen molar-refractivity contribution in [2.75, 3.05) is 26.2 Å². The molecule has 1 atom stereocenters. The molecular weight excluding hydrogens is 334 g/mol.